The van der Waals surface area contributed by atoms with Gasteiger partial charge in [-0.1, -0.05) is 0 Å². The van der Waals surface area contributed by atoms with E-state index in [9.17, 15) is 18.0 Å². The SMILES string of the molecule is Cc1ccc(CNC(=O)C2CCN(S(=O)(=O)c3cc4c(cc3C)NC(=O)C(C)O4)CC2)o1. The number of fused-ring (bicyclic) bond motifs is 1. The Labute approximate surface area is 187 Å². The number of hydrogen-bond acceptors (Lipinski definition) is 6. The van der Waals surface area contributed by atoms with Crippen molar-refractivity contribution >= 4 is 27.5 Å². The van der Waals surface area contributed by atoms with Crippen LogP contribution in [0.4, 0.5) is 5.69 Å². The van der Waals surface area contributed by atoms with E-state index in [-0.39, 0.29) is 35.7 Å². The molecule has 172 valence electrons. The largest absolute Gasteiger partial charge is 0.479 e. The van der Waals surface area contributed by atoms with Crippen molar-refractivity contribution in [1.29, 1.82) is 0 Å². The van der Waals surface area contributed by atoms with Gasteiger partial charge >= 0.3 is 0 Å². The minimum absolute atomic E-state index is 0.0980. The highest BCUT2D eigenvalue weighted by Gasteiger charge is 2.34. The summed E-state index contributed by atoms with van der Waals surface area (Å²) in [5.41, 5.74) is 0.988. The summed E-state index contributed by atoms with van der Waals surface area (Å²) in [5, 5.41) is 5.60. The van der Waals surface area contributed by atoms with Gasteiger partial charge in [-0.2, -0.15) is 4.31 Å². The summed E-state index contributed by atoms with van der Waals surface area (Å²) in [6.07, 6.45) is 0.186. The quantitative estimate of drug-likeness (QED) is 0.706. The predicted octanol–water partition coefficient (Wildman–Crippen LogP) is 2.33. The Hall–Kier alpha value is -2.85. The number of hydrogen-bond donors (Lipinski definition) is 2. The molecule has 2 aliphatic heterocycles. The molecule has 1 atom stereocenters. The number of carbonyl (C=O) groups is 2. The van der Waals surface area contributed by atoms with Crippen molar-refractivity contribution in [2.45, 2.75) is 51.2 Å². The molecule has 1 aromatic heterocycles. The van der Waals surface area contributed by atoms with E-state index in [0.29, 0.717) is 42.1 Å². The molecule has 3 heterocycles. The van der Waals surface area contributed by atoms with Crippen molar-refractivity contribution in [3.05, 3.63) is 41.3 Å². The Kier molecular flexibility index (Phi) is 6.00. The highest BCUT2D eigenvalue weighted by Crippen LogP contribution is 2.36. The lowest BCUT2D eigenvalue weighted by Gasteiger charge is -2.31. The van der Waals surface area contributed by atoms with Crippen LogP contribution in [-0.4, -0.2) is 43.7 Å². The van der Waals surface area contributed by atoms with Crippen LogP contribution < -0.4 is 15.4 Å². The highest BCUT2D eigenvalue weighted by atomic mass is 32.2. The number of nitrogens with one attached hydrogen (secondary N) is 2. The van der Waals surface area contributed by atoms with Crippen LogP contribution in [0.15, 0.2) is 33.6 Å². The fourth-order valence-corrected chi connectivity index (χ4v) is 5.71. The summed E-state index contributed by atoms with van der Waals surface area (Å²) in [5.74, 6) is 1.19. The zero-order valence-electron chi connectivity index (χ0n) is 18.3. The average molecular weight is 462 g/mol. The molecule has 1 saturated heterocycles. The van der Waals surface area contributed by atoms with Crippen LogP contribution in [-0.2, 0) is 26.2 Å². The third-order valence-electron chi connectivity index (χ3n) is 5.88. The molecule has 0 radical (unpaired) electrons. The van der Waals surface area contributed by atoms with Crippen LogP contribution in [0, 0.1) is 19.8 Å². The molecule has 9 nitrogen and oxygen atoms in total. The number of piperidine rings is 1. The van der Waals surface area contributed by atoms with Gasteiger partial charge in [-0.25, -0.2) is 8.42 Å². The first-order valence-corrected chi connectivity index (χ1v) is 12.0. The number of sulfonamides is 1. The normalized spacial score (nSPS) is 19.7. The van der Waals surface area contributed by atoms with Crippen molar-refractivity contribution in [2.75, 3.05) is 18.4 Å². The highest BCUT2D eigenvalue weighted by molar-refractivity contribution is 7.89. The molecule has 2 N–H and O–H groups in total. The maximum Gasteiger partial charge on any atom is 0.265 e. The fraction of sp³-hybridized carbons (Fsp3) is 0.455. The standard InChI is InChI=1S/C22H27N3O6S/c1-13-10-18-19(31-15(3)21(26)24-18)11-20(13)32(28,29)25-8-6-16(7-9-25)22(27)23-12-17-5-4-14(2)30-17/h4-5,10-11,15-16H,6-9,12H2,1-3H3,(H,23,27)(H,24,26). The van der Waals surface area contributed by atoms with Gasteiger partial charge in [-0.15, -0.1) is 0 Å². The number of furan rings is 1. The molecule has 4 rings (SSSR count). The lowest BCUT2D eigenvalue weighted by atomic mass is 9.97. The fourth-order valence-electron chi connectivity index (χ4n) is 4.02. The van der Waals surface area contributed by atoms with E-state index < -0.39 is 16.1 Å². The Balaban J connectivity index is 1.41. The second kappa shape index (κ2) is 8.59. The second-order valence-electron chi connectivity index (χ2n) is 8.27. The summed E-state index contributed by atoms with van der Waals surface area (Å²) in [6.45, 7) is 5.96. The Morgan fingerprint density at radius 3 is 2.59 bits per heavy atom. The van der Waals surface area contributed by atoms with E-state index in [4.69, 9.17) is 9.15 Å². The van der Waals surface area contributed by atoms with Crippen LogP contribution in [0.5, 0.6) is 5.75 Å². The van der Waals surface area contributed by atoms with Gasteiger partial charge < -0.3 is 19.8 Å². The molecule has 1 unspecified atom stereocenters. The molecule has 2 aliphatic rings. The third-order valence-corrected chi connectivity index (χ3v) is 7.92. The van der Waals surface area contributed by atoms with Crippen molar-refractivity contribution in [3.8, 4) is 5.75 Å². The predicted molar refractivity (Wildman–Crippen MR) is 117 cm³/mol. The van der Waals surface area contributed by atoms with Crippen LogP contribution >= 0.6 is 0 Å². The molecule has 0 spiro atoms. The summed E-state index contributed by atoms with van der Waals surface area (Å²) in [6, 6.07) is 6.75. The number of nitrogens with zero attached hydrogens (tertiary/aromatic N) is 1. The first-order valence-electron chi connectivity index (χ1n) is 10.6. The molecule has 2 aromatic rings. The average Bonchev–Trinajstić information content (AvgIpc) is 3.18. The van der Waals surface area contributed by atoms with Gasteiger partial charge in [-0.05, 0) is 57.4 Å². The van der Waals surface area contributed by atoms with Crippen LogP contribution in [0.25, 0.3) is 0 Å². The molecular formula is C22H27N3O6S. The van der Waals surface area contributed by atoms with E-state index in [0.717, 1.165) is 5.76 Å². The van der Waals surface area contributed by atoms with Gasteiger partial charge in [0.1, 0.15) is 17.3 Å². The molecule has 10 heteroatoms. The van der Waals surface area contributed by atoms with Gasteiger partial charge in [0.2, 0.25) is 15.9 Å². The molecule has 32 heavy (non-hydrogen) atoms. The number of ether oxygens (including phenoxy) is 1. The smallest absolute Gasteiger partial charge is 0.265 e. The van der Waals surface area contributed by atoms with Crippen molar-refractivity contribution in [1.82, 2.24) is 9.62 Å². The van der Waals surface area contributed by atoms with Gasteiger partial charge in [0.15, 0.2) is 6.10 Å². The molecule has 2 amide bonds. The molecular weight excluding hydrogens is 434 g/mol. The Morgan fingerprint density at radius 1 is 1.22 bits per heavy atom. The van der Waals surface area contributed by atoms with Gasteiger partial charge in [0.05, 0.1) is 17.1 Å². The first kappa shape index (κ1) is 22.3. The van der Waals surface area contributed by atoms with E-state index >= 15 is 0 Å². The van der Waals surface area contributed by atoms with Crippen LogP contribution in [0.1, 0.15) is 36.8 Å². The van der Waals surface area contributed by atoms with Gasteiger partial charge in [-0.3, -0.25) is 9.59 Å². The van der Waals surface area contributed by atoms with E-state index in [2.05, 4.69) is 10.6 Å². The van der Waals surface area contributed by atoms with E-state index in [1.807, 2.05) is 19.1 Å². The van der Waals surface area contributed by atoms with Crippen LogP contribution in [0.3, 0.4) is 0 Å². The number of benzene rings is 1. The lowest BCUT2D eigenvalue weighted by Crippen LogP contribution is -2.43. The Morgan fingerprint density at radius 2 is 1.94 bits per heavy atom. The topological polar surface area (TPSA) is 118 Å². The maximum absolute atomic E-state index is 13.3. The minimum atomic E-state index is -3.76. The van der Waals surface area contributed by atoms with Gasteiger partial charge in [0, 0.05) is 25.1 Å². The summed E-state index contributed by atoms with van der Waals surface area (Å²) >= 11 is 0. The molecule has 0 bridgehead atoms. The van der Waals surface area contributed by atoms with Gasteiger partial charge in [0.25, 0.3) is 5.91 Å². The van der Waals surface area contributed by atoms with Crippen molar-refractivity contribution in [3.63, 3.8) is 0 Å². The van der Waals surface area contributed by atoms with Crippen molar-refractivity contribution < 1.29 is 27.2 Å². The molecule has 0 aliphatic carbocycles. The molecule has 0 saturated carbocycles. The molecule has 1 aromatic carbocycles. The monoisotopic (exact) mass is 461 g/mol. The minimum Gasteiger partial charge on any atom is -0.479 e. The number of rotatable bonds is 5. The van der Waals surface area contributed by atoms with E-state index in [1.54, 1.807) is 19.9 Å². The zero-order valence-corrected chi connectivity index (χ0v) is 19.1. The summed E-state index contributed by atoms with van der Waals surface area (Å²) in [4.78, 5) is 24.5. The Bertz CT molecular complexity index is 1150. The van der Waals surface area contributed by atoms with Crippen molar-refractivity contribution in [2.24, 2.45) is 5.92 Å². The maximum atomic E-state index is 13.3. The lowest BCUT2D eigenvalue weighted by molar-refractivity contribution is -0.126. The summed E-state index contributed by atoms with van der Waals surface area (Å²) in [7, 11) is -3.76. The van der Waals surface area contributed by atoms with E-state index in [1.165, 1.54) is 10.4 Å². The molecule has 1 fully saturated rings. The summed E-state index contributed by atoms with van der Waals surface area (Å²) < 4.78 is 39.0. The number of aryl methyl sites for hydroxylation is 2. The number of carbonyl (C=O) groups excluding carboxylic acids is 2. The number of amides is 2. The number of anilines is 1. The zero-order chi connectivity index (χ0) is 23.0. The third kappa shape index (κ3) is 4.37. The second-order valence-corrected chi connectivity index (χ2v) is 10.2. The first-order chi connectivity index (χ1) is 15.1. The van der Waals surface area contributed by atoms with Crippen LogP contribution in [0.2, 0.25) is 0 Å².